The second-order valence-electron chi connectivity index (χ2n) is 3.27. The zero-order chi connectivity index (χ0) is 11.4. The van der Waals surface area contributed by atoms with E-state index in [0.29, 0.717) is 12.1 Å². The number of carbonyl (C=O) groups excluding carboxylic acids is 1. The molecule has 1 amide bonds. The normalized spacial score (nSPS) is 10.0. The van der Waals surface area contributed by atoms with Gasteiger partial charge in [-0.25, -0.2) is 4.98 Å². The summed E-state index contributed by atoms with van der Waals surface area (Å²) in [5.74, 6) is 0.285. The molecule has 1 aromatic heterocycles. The largest absolute Gasteiger partial charge is 0.447 e. The molecular formula is C11H11N3O2. The molecule has 0 saturated heterocycles. The van der Waals surface area contributed by atoms with Gasteiger partial charge in [-0.15, -0.1) is 0 Å². The van der Waals surface area contributed by atoms with Crippen molar-refractivity contribution in [3.8, 4) is 0 Å². The number of primary amides is 1. The number of nitrogens with zero attached hydrogens (tertiary/aromatic N) is 1. The zero-order valence-corrected chi connectivity index (χ0v) is 8.51. The van der Waals surface area contributed by atoms with Crippen molar-refractivity contribution in [1.29, 1.82) is 0 Å². The Labute approximate surface area is 92.3 Å². The van der Waals surface area contributed by atoms with Gasteiger partial charge >= 0.3 is 0 Å². The minimum absolute atomic E-state index is 0.441. The molecule has 0 bridgehead atoms. The van der Waals surface area contributed by atoms with Gasteiger partial charge in [0, 0.05) is 11.3 Å². The summed E-state index contributed by atoms with van der Waals surface area (Å²) in [4.78, 5) is 14.8. The number of hydrogen-bond acceptors (Lipinski definition) is 4. The molecule has 2 rings (SSSR count). The van der Waals surface area contributed by atoms with Crippen molar-refractivity contribution >= 4 is 11.6 Å². The Bertz CT molecular complexity index is 480. The molecule has 0 aliphatic heterocycles. The van der Waals surface area contributed by atoms with Gasteiger partial charge < -0.3 is 15.5 Å². The van der Waals surface area contributed by atoms with Crippen LogP contribution in [0, 0.1) is 0 Å². The highest BCUT2D eigenvalue weighted by molar-refractivity contribution is 5.93. The first-order valence-electron chi connectivity index (χ1n) is 4.77. The van der Waals surface area contributed by atoms with Crippen molar-refractivity contribution in [2.75, 3.05) is 5.32 Å². The smallest absolute Gasteiger partial charge is 0.248 e. The molecule has 0 aliphatic rings. The highest BCUT2D eigenvalue weighted by Crippen LogP contribution is 2.11. The maximum absolute atomic E-state index is 11.0. The van der Waals surface area contributed by atoms with E-state index in [1.807, 2.05) is 6.07 Å². The molecule has 1 heterocycles. The van der Waals surface area contributed by atoms with Gasteiger partial charge in [-0.2, -0.15) is 0 Å². The minimum Gasteiger partial charge on any atom is -0.447 e. The van der Waals surface area contributed by atoms with Crippen molar-refractivity contribution in [2.24, 2.45) is 5.73 Å². The lowest BCUT2D eigenvalue weighted by atomic mass is 10.2. The summed E-state index contributed by atoms with van der Waals surface area (Å²) in [5, 5.41) is 3.10. The molecule has 3 N–H and O–H groups in total. The lowest BCUT2D eigenvalue weighted by molar-refractivity contribution is 0.100. The van der Waals surface area contributed by atoms with E-state index in [1.165, 1.54) is 6.39 Å². The van der Waals surface area contributed by atoms with Crippen LogP contribution in [0.4, 0.5) is 5.69 Å². The summed E-state index contributed by atoms with van der Waals surface area (Å²) in [6, 6.07) is 6.98. The number of hydrogen-bond donors (Lipinski definition) is 2. The van der Waals surface area contributed by atoms with Crippen molar-refractivity contribution in [3.05, 3.63) is 48.2 Å². The number of rotatable bonds is 4. The molecule has 0 aliphatic carbocycles. The molecule has 1 aromatic carbocycles. The van der Waals surface area contributed by atoms with Gasteiger partial charge in [-0.1, -0.05) is 6.07 Å². The van der Waals surface area contributed by atoms with Crippen LogP contribution in [-0.4, -0.2) is 10.9 Å². The lowest BCUT2D eigenvalue weighted by Crippen LogP contribution is -2.11. The van der Waals surface area contributed by atoms with E-state index in [2.05, 4.69) is 10.3 Å². The molecule has 82 valence electrons. The SMILES string of the molecule is NC(=O)c1cccc(NCc2cnco2)c1. The van der Waals surface area contributed by atoms with Gasteiger partial charge in [-0.05, 0) is 18.2 Å². The number of anilines is 1. The van der Waals surface area contributed by atoms with Crippen LogP contribution in [0.1, 0.15) is 16.1 Å². The first-order valence-corrected chi connectivity index (χ1v) is 4.77. The summed E-state index contributed by atoms with van der Waals surface area (Å²) >= 11 is 0. The first-order chi connectivity index (χ1) is 7.75. The third kappa shape index (κ3) is 2.38. The van der Waals surface area contributed by atoms with E-state index in [4.69, 9.17) is 10.2 Å². The van der Waals surface area contributed by atoms with E-state index in [1.54, 1.807) is 24.4 Å². The molecule has 0 radical (unpaired) electrons. The topological polar surface area (TPSA) is 81.2 Å². The van der Waals surface area contributed by atoms with Crippen LogP contribution in [0.3, 0.4) is 0 Å². The molecule has 5 nitrogen and oxygen atoms in total. The van der Waals surface area contributed by atoms with Gasteiger partial charge in [0.05, 0.1) is 12.7 Å². The fourth-order valence-corrected chi connectivity index (χ4v) is 1.30. The Hall–Kier alpha value is -2.30. The number of carbonyl (C=O) groups is 1. The lowest BCUT2D eigenvalue weighted by Gasteiger charge is -2.04. The summed E-state index contributed by atoms with van der Waals surface area (Å²) in [6.45, 7) is 0.516. The second kappa shape index (κ2) is 4.48. The maximum atomic E-state index is 11.0. The van der Waals surface area contributed by atoms with Gasteiger partial charge in [0.25, 0.3) is 0 Å². The molecule has 2 aromatic rings. The van der Waals surface area contributed by atoms with Crippen LogP contribution in [0.2, 0.25) is 0 Å². The summed E-state index contributed by atoms with van der Waals surface area (Å²) in [6.07, 6.45) is 3.00. The van der Waals surface area contributed by atoms with E-state index in [0.717, 1.165) is 11.4 Å². The maximum Gasteiger partial charge on any atom is 0.248 e. The Balaban J connectivity index is 2.04. The second-order valence-corrected chi connectivity index (χ2v) is 3.27. The number of aromatic nitrogens is 1. The predicted octanol–water partition coefficient (Wildman–Crippen LogP) is 1.39. The van der Waals surface area contributed by atoms with Crippen molar-refractivity contribution in [3.63, 3.8) is 0 Å². The number of amides is 1. The molecule has 0 spiro atoms. The van der Waals surface area contributed by atoms with Crippen LogP contribution < -0.4 is 11.1 Å². The fourth-order valence-electron chi connectivity index (χ4n) is 1.30. The third-order valence-electron chi connectivity index (χ3n) is 2.10. The summed E-state index contributed by atoms with van der Waals surface area (Å²) < 4.78 is 5.07. The molecule has 0 fully saturated rings. The standard InChI is InChI=1S/C11H11N3O2/c12-11(15)8-2-1-3-9(4-8)14-6-10-5-13-7-16-10/h1-5,7,14H,6H2,(H2,12,15). The van der Waals surface area contributed by atoms with Crippen LogP contribution in [-0.2, 0) is 6.54 Å². The molecule has 0 saturated carbocycles. The monoisotopic (exact) mass is 217 g/mol. The van der Waals surface area contributed by atoms with E-state index in [-0.39, 0.29) is 0 Å². The summed E-state index contributed by atoms with van der Waals surface area (Å²) in [7, 11) is 0. The minimum atomic E-state index is -0.441. The number of nitrogens with one attached hydrogen (secondary N) is 1. The van der Waals surface area contributed by atoms with E-state index < -0.39 is 5.91 Å². The van der Waals surface area contributed by atoms with Crippen LogP contribution >= 0.6 is 0 Å². The predicted molar refractivity (Wildman–Crippen MR) is 58.8 cm³/mol. The Kier molecular flexibility index (Phi) is 2.86. The number of benzene rings is 1. The van der Waals surface area contributed by atoms with E-state index >= 15 is 0 Å². The van der Waals surface area contributed by atoms with Gasteiger partial charge in [0.15, 0.2) is 6.39 Å². The first kappa shape index (κ1) is 10.2. The van der Waals surface area contributed by atoms with Crippen molar-refractivity contribution < 1.29 is 9.21 Å². The molecule has 0 atom stereocenters. The highest BCUT2D eigenvalue weighted by atomic mass is 16.3. The molecular weight excluding hydrogens is 206 g/mol. The van der Waals surface area contributed by atoms with Gasteiger partial charge in [0.1, 0.15) is 5.76 Å². The molecule has 5 heteroatoms. The number of nitrogens with two attached hydrogens (primary N) is 1. The molecule has 0 unspecified atom stereocenters. The van der Waals surface area contributed by atoms with Crippen molar-refractivity contribution in [2.45, 2.75) is 6.54 Å². The van der Waals surface area contributed by atoms with E-state index in [9.17, 15) is 4.79 Å². The van der Waals surface area contributed by atoms with Crippen LogP contribution in [0.25, 0.3) is 0 Å². The van der Waals surface area contributed by atoms with Crippen LogP contribution in [0.5, 0.6) is 0 Å². The Morgan fingerprint density at radius 3 is 3.06 bits per heavy atom. The van der Waals surface area contributed by atoms with Crippen molar-refractivity contribution in [1.82, 2.24) is 4.98 Å². The molecule has 16 heavy (non-hydrogen) atoms. The zero-order valence-electron chi connectivity index (χ0n) is 8.51. The van der Waals surface area contributed by atoms with Crippen LogP contribution in [0.15, 0.2) is 41.3 Å². The Morgan fingerprint density at radius 2 is 2.38 bits per heavy atom. The average molecular weight is 217 g/mol. The fraction of sp³-hybridized carbons (Fsp3) is 0.0909. The number of oxazole rings is 1. The summed E-state index contributed by atoms with van der Waals surface area (Å²) in [5.41, 5.74) is 6.47. The average Bonchev–Trinajstić information content (AvgIpc) is 2.79. The van der Waals surface area contributed by atoms with Gasteiger partial charge in [-0.3, -0.25) is 4.79 Å². The Morgan fingerprint density at radius 1 is 1.50 bits per heavy atom. The van der Waals surface area contributed by atoms with Gasteiger partial charge in [0.2, 0.25) is 5.91 Å². The quantitative estimate of drug-likeness (QED) is 0.810. The highest BCUT2D eigenvalue weighted by Gasteiger charge is 2.01. The third-order valence-corrected chi connectivity index (χ3v) is 2.10.